The molecule has 4 heteroatoms. The van der Waals surface area contributed by atoms with E-state index in [9.17, 15) is 4.39 Å². The van der Waals surface area contributed by atoms with Crippen molar-refractivity contribution in [1.82, 2.24) is 4.31 Å². The Morgan fingerprint density at radius 1 is 0.962 bits per heavy atom. The molecule has 150 valence electrons. The van der Waals surface area contributed by atoms with Gasteiger partial charge < -0.3 is 4.18 Å². The molecule has 0 bridgehead atoms. The highest BCUT2D eigenvalue weighted by molar-refractivity contribution is 7.92. The largest absolute Gasteiger partial charge is 0.304 e. The van der Waals surface area contributed by atoms with E-state index in [1.54, 1.807) is 13.2 Å². The number of nitrogens with zero attached hydrogens (tertiary/aromatic N) is 1. The second kappa shape index (κ2) is 20.0. The standard InChI is InChI=1S/C16H21F.C3H9NOS.C3H8/c1-7-12(3)9-10-14(5)15(6)16(17)11-13(4)8-2;1-4(2)6-5-3;1-3-2/h9-11H,3-8H2,1-2H3;1-3H3;3H2,1-2H3/b10-9-,16-11+;;. The van der Waals surface area contributed by atoms with Crippen LogP contribution in [0.4, 0.5) is 4.39 Å². The molecule has 0 heterocycles. The van der Waals surface area contributed by atoms with Crippen LogP contribution in [0.15, 0.2) is 72.7 Å². The second-order valence-electron chi connectivity index (χ2n) is 5.61. The summed E-state index contributed by atoms with van der Waals surface area (Å²) in [5, 5.41) is 0. The molecule has 0 aliphatic heterocycles. The minimum absolute atomic E-state index is 0.291. The average Bonchev–Trinajstić information content (AvgIpc) is 2.59. The minimum atomic E-state index is -0.381. The lowest BCUT2D eigenvalue weighted by Gasteiger charge is -2.03. The Balaban J connectivity index is -0.000000486. The van der Waals surface area contributed by atoms with Gasteiger partial charge in [0.1, 0.15) is 5.83 Å². The molecule has 0 rings (SSSR count). The molecule has 0 spiro atoms. The predicted octanol–water partition coefficient (Wildman–Crippen LogP) is 7.61. The molecule has 0 amide bonds. The van der Waals surface area contributed by atoms with Crippen molar-refractivity contribution in [3.05, 3.63) is 72.7 Å². The molecule has 0 aromatic heterocycles. The lowest BCUT2D eigenvalue weighted by atomic mass is 10.0. The van der Waals surface area contributed by atoms with E-state index in [-0.39, 0.29) is 5.83 Å². The van der Waals surface area contributed by atoms with Crippen molar-refractivity contribution in [2.75, 3.05) is 21.2 Å². The summed E-state index contributed by atoms with van der Waals surface area (Å²) in [7, 11) is 5.49. The summed E-state index contributed by atoms with van der Waals surface area (Å²) in [6.45, 7) is 23.2. The van der Waals surface area contributed by atoms with Crippen LogP contribution in [0.2, 0.25) is 0 Å². The monoisotopic (exact) mass is 383 g/mol. The Labute approximate surface area is 166 Å². The SMILES string of the molecule is C=C(/C=C\C(=C)C(=C)/C(F)=C\C(=C)CC)CC.CCC.COSN(C)C. The fraction of sp³-hybridized carbons (Fsp3) is 0.455. The predicted molar refractivity (Wildman–Crippen MR) is 120 cm³/mol. The van der Waals surface area contributed by atoms with Crippen LogP contribution in [-0.4, -0.2) is 25.5 Å². The molecular formula is C22H38FNOS. The molecule has 0 aliphatic rings. The molecular weight excluding hydrogens is 345 g/mol. The summed E-state index contributed by atoms with van der Waals surface area (Å²) in [6.07, 6.45) is 7.79. The van der Waals surface area contributed by atoms with Crippen molar-refractivity contribution < 1.29 is 8.57 Å². The number of hydrogen-bond acceptors (Lipinski definition) is 3. The second-order valence-corrected chi connectivity index (χ2v) is 6.83. The van der Waals surface area contributed by atoms with Crippen molar-refractivity contribution in [3.8, 4) is 0 Å². The lowest BCUT2D eigenvalue weighted by molar-refractivity contribution is 0.457. The van der Waals surface area contributed by atoms with Gasteiger partial charge in [-0.05, 0) is 38.6 Å². The Morgan fingerprint density at radius 3 is 1.73 bits per heavy atom. The molecule has 26 heavy (non-hydrogen) atoms. The topological polar surface area (TPSA) is 12.5 Å². The number of rotatable bonds is 9. The van der Waals surface area contributed by atoms with Crippen molar-refractivity contribution >= 4 is 12.2 Å². The molecule has 0 radical (unpaired) electrons. The third-order valence-electron chi connectivity index (χ3n) is 2.66. The van der Waals surface area contributed by atoms with Crippen LogP contribution in [0, 0.1) is 0 Å². The van der Waals surface area contributed by atoms with Gasteiger partial charge in [-0.3, -0.25) is 0 Å². The highest BCUT2D eigenvalue weighted by Gasteiger charge is 2.04. The highest BCUT2D eigenvalue weighted by Crippen LogP contribution is 2.21. The molecule has 0 saturated carbocycles. The van der Waals surface area contributed by atoms with E-state index in [1.165, 1.54) is 24.7 Å². The third kappa shape index (κ3) is 20.7. The first-order chi connectivity index (χ1) is 12.1. The van der Waals surface area contributed by atoms with Crippen LogP contribution >= 0.6 is 12.2 Å². The van der Waals surface area contributed by atoms with E-state index in [4.69, 9.17) is 0 Å². The maximum absolute atomic E-state index is 13.7. The van der Waals surface area contributed by atoms with Crippen LogP contribution in [0.3, 0.4) is 0 Å². The van der Waals surface area contributed by atoms with Crippen LogP contribution in [0.5, 0.6) is 0 Å². The molecule has 0 aromatic rings. The first-order valence-electron chi connectivity index (χ1n) is 8.78. The zero-order chi connectivity index (χ0) is 21.1. The van der Waals surface area contributed by atoms with Gasteiger partial charge in [0.25, 0.3) is 0 Å². The van der Waals surface area contributed by atoms with E-state index in [2.05, 4.69) is 44.3 Å². The highest BCUT2D eigenvalue weighted by atomic mass is 32.2. The van der Waals surface area contributed by atoms with Gasteiger partial charge in [-0.1, -0.05) is 83.7 Å². The molecule has 0 saturated heterocycles. The Kier molecular flexibility index (Phi) is 22.6. The van der Waals surface area contributed by atoms with Gasteiger partial charge in [0.2, 0.25) is 0 Å². The summed E-state index contributed by atoms with van der Waals surface area (Å²) < 4.78 is 20.2. The number of allylic oxidation sites excluding steroid dienone is 8. The van der Waals surface area contributed by atoms with Crippen molar-refractivity contribution in [1.29, 1.82) is 0 Å². The van der Waals surface area contributed by atoms with Gasteiger partial charge in [0.05, 0.1) is 19.3 Å². The van der Waals surface area contributed by atoms with Gasteiger partial charge in [0, 0.05) is 5.57 Å². The fourth-order valence-electron chi connectivity index (χ4n) is 1.11. The van der Waals surface area contributed by atoms with E-state index >= 15 is 0 Å². The van der Waals surface area contributed by atoms with E-state index in [1.807, 2.05) is 38.3 Å². The van der Waals surface area contributed by atoms with Gasteiger partial charge in [-0.15, -0.1) is 0 Å². The molecule has 0 atom stereocenters. The minimum Gasteiger partial charge on any atom is -0.304 e. The van der Waals surface area contributed by atoms with E-state index in [0.717, 1.165) is 24.0 Å². The van der Waals surface area contributed by atoms with Gasteiger partial charge >= 0.3 is 0 Å². The zero-order valence-electron chi connectivity index (χ0n) is 17.8. The number of halogens is 1. The van der Waals surface area contributed by atoms with Crippen LogP contribution in [-0.2, 0) is 4.18 Å². The van der Waals surface area contributed by atoms with E-state index < -0.39 is 0 Å². The van der Waals surface area contributed by atoms with Crippen molar-refractivity contribution in [3.63, 3.8) is 0 Å². The quantitative estimate of drug-likeness (QED) is 0.231. The third-order valence-corrected chi connectivity index (χ3v) is 3.11. The summed E-state index contributed by atoms with van der Waals surface area (Å²) in [6, 6.07) is 0. The maximum Gasteiger partial charge on any atom is 0.130 e. The van der Waals surface area contributed by atoms with E-state index in [0.29, 0.717) is 11.1 Å². The first-order valence-corrected chi connectivity index (χ1v) is 9.48. The van der Waals surface area contributed by atoms with Crippen LogP contribution in [0.1, 0.15) is 47.0 Å². The summed E-state index contributed by atoms with van der Waals surface area (Å²) in [5.41, 5.74) is 2.55. The van der Waals surface area contributed by atoms with Gasteiger partial charge in [-0.25, -0.2) is 8.70 Å². The normalized spacial score (nSPS) is 10.6. The molecule has 0 N–H and O–H groups in total. The Hall–Kier alpha value is -1.36. The zero-order valence-corrected chi connectivity index (χ0v) is 18.6. The molecule has 2 nitrogen and oxygen atoms in total. The molecule has 0 unspecified atom stereocenters. The summed E-state index contributed by atoms with van der Waals surface area (Å²) in [5.74, 6) is -0.381. The lowest BCUT2D eigenvalue weighted by Crippen LogP contribution is -1.98. The number of hydrogen-bond donors (Lipinski definition) is 0. The smallest absolute Gasteiger partial charge is 0.130 e. The Morgan fingerprint density at radius 2 is 1.42 bits per heavy atom. The van der Waals surface area contributed by atoms with Crippen molar-refractivity contribution in [2.24, 2.45) is 0 Å². The summed E-state index contributed by atoms with van der Waals surface area (Å²) in [4.78, 5) is 0. The first kappa shape index (κ1) is 29.4. The summed E-state index contributed by atoms with van der Waals surface area (Å²) >= 11 is 1.32. The van der Waals surface area contributed by atoms with Crippen molar-refractivity contribution in [2.45, 2.75) is 47.0 Å². The average molecular weight is 384 g/mol. The fourth-order valence-corrected chi connectivity index (χ4v) is 1.41. The molecule has 0 fully saturated rings. The molecule has 0 aliphatic carbocycles. The van der Waals surface area contributed by atoms with Crippen LogP contribution in [0.25, 0.3) is 0 Å². The van der Waals surface area contributed by atoms with Crippen LogP contribution < -0.4 is 0 Å². The molecule has 0 aromatic carbocycles. The van der Waals surface area contributed by atoms with Gasteiger partial charge in [-0.2, -0.15) is 0 Å². The Bertz CT molecular complexity index is 490. The van der Waals surface area contributed by atoms with Gasteiger partial charge in [0.15, 0.2) is 0 Å². The maximum atomic E-state index is 13.7.